The summed E-state index contributed by atoms with van der Waals surface area (Å²) in [4.78, 5) is 35.6. The molecule has 2 aromatic heterocycles. The zero-order valence-corrected chi connectivity index (χ0v) is 13.9. The van der Waals surface area contributed by atoms with Gasteiger partial charge in [0.1, 0.15) is 11.2 Å². The average Bonchev–Trinajstić information content (AvgIpc) is 2.62. The molecule has 1 saturated heterocycles. The number of rotatable bonds is 4. The third-order valence-electron chi connectivity index (χ3n) is 4.04. The van der Waals surface area contributed by atoms with Crippen LogP contribution >= 0.6 is 0 Å². The van der Waals surface area contributed by atoms with Crippen LogP contribution in [0.5, 0.6) is 0 Å². The van der Waals surface area contributed by atoms with Gasteiger partial charge in [-0.05, 0) is 13.8 Å². The molecule has 0 aromatic carbocycles. The summed E-state index contributed by atoms with van der Waals surface area (Å²) in [5, 5.41) is 3.62. The topological polar surface area (TPSA) is 89.3 Å². The number of pyridine rings is 1. The molecule has 1 aliphatic rings. The highest BCUT2D eigenvalue weighted by atomic mass is 16.5. The zero-order valence-electron chi connectivity index (χ0n) is 13.9. The van der Waals surface area contributed by atoms with Crippen molar-refractivity contribution in [2.75, 3.05) is 37.7 Å². The Morgan fingerprint density at radius 2 is 2.08 bits per heavy atom. The summed E-state index contributed by atoms with van der Waals surface area (Å²) in [6.07, 6.45) is 3.04. The number of esters is 1. The van der Waals surface area contributed by atoms with E-state index in [2.05, 4.69) is 20.2 Å². The van der Waals surface area contributed by atoms with Crippen LogP contribution in [0.25, 0.3) is 11.0 Å². The van der Waals surface area contributed by atoms with E-state index < -0.39 is 5.97 Å². The predicted octanol–water partition coefficient (Wildman–Crippen LogP) is 0.398. The Labute approximate surface area is 139 Å². The summed E-state index contributed by atoms with van der Waals surface area (Å²) >= 11 is 0. The summed E-state index contributed by atoms with van der Waals surface area (Å²) in [6, 6.07) is 0. The molecule has 128 valence electrons. The third kappa shape index (κ3) is 2.96. The van der Waals surface area contributed by atoms with E-state index in [-0.39, 0.29) is 17.6 Å². The monoisotopic (exact) mass is 331 g/mol. The Hall–Kier alpha value is -2.48. The minimum Gasteiger partial charge on any atom is -0.462 e. The second kappa shape index (κ2) is 6.96. The molecule has 24 heavy (non-hydrogen) atoms. The highest BCUT2D eigenvalue weighted by Crippen LogP contribution is 2.15. The van der Waals surface area contributed by atoms with Crippen molar-refractivity contribution >= 4 is 23.0 Å². The molecule has 0 aliphatic carbocycles. The van der Waals surface area contributed by atoms with Gasteiger partial charge in [0, 0.05) is 45.1 Å². The van der Waals surface area contributed by atoms with Crippen molar-refractivity contribution in [1.82, 2.24) is 19.9 Å². The number of fused-ring (bicyclic) bond motifs is 1. The van der Waals surface area contributed by atoms with Crippen molar-refractivity contribution in [2.24, 2.45) is 0 Å². The van der Waals surface area contributed by atoms with Crippen LogP contribution in [0.1, 0.15) is 24.2 Å². The van der Waals surface area contributed by atoms with Crippen LogP contribution in [-0.2, 0) is 11.3 Å². The highest BCUT2D eigenvalue weighted by Gasteiger charge is 2.19. The van der Waals surface area contributed by atoms with Crippen LogP contribution in [0, 0.1) is 0 Å². The molecule has 3 heterocycles. The van der Waals surface area contributed by atoms with Gasteiger partial charge in [0.15, 0.2) is 0 Å². The largest absolute Gasteiger partial charge is 0.462 e. The molecule has 0 unspecified atom stereocenters. The molecule has 0 atom stereocenters. The standard InChI is InChI=1S/C16H21N5O3/c1-3-20-10-12(15(23)24-4-2)13(22)11-9-18-16(19-14(11)20)21-7-5-17-6-8-21/h9-10,17H,3-8H2,1-2H3. The van der Waals surface area contributed by atoms with Crippen LogP contribution in [0.4, 0.5) is 5.95 Å². The second-order valence-electron chi connectivity index (χ2n) is 5.52. The Balaban J connectivity index is 2.11. The predicted molar refractivity (Wildman–Crippen MR) is 90.5 cm³/mol. The Morgan fingerprint density at radius 1 is 1.33 bits per heavy atom. The first-order valence-electron chi connectivity index (χ1n) is 8.18. The number of aryl methyl sites for hydroxylation is 1. The maximum Gasteiger partial charge on any atom is 0.343 e. The Kier molecular flexibility index (Phi) is 4.75. The maximum absolute atomic E-state index is 12.6. The number of anilines is 1. The van der Waals surface area contributed by atoms with Crippen molar-refractivity contribution < 1.29 is 9.53 Å². The van der Waals surface area contributed by atoms with Gasteiger partial charge in [-0.25, -0.2) is 9.78 Å². The van der Waals surface area contributed by atoms with Crippen molar-refractivity contribution in [3.8, 4) is 0 Å². The lowest BCUT2D eigenvalue weighted by atomic mass is 10.2. The molecule has 0 amide bonds. The number of aromatic nitrogens is 3. The molecule has 2 aromatic rings. The van der Waals surface area contributed by atoms with E-state index in [0.717, 1.165) is 26.2 Å². The molecule has 0 saturated carbocycles. The minimum atomic E-state index is -0.613. The van der Waals surface area contributed by atoms with Gasteiger partial charge in [-0.3, -0.25) is 4.79 Å². The lowest BCUT2D eigenvalue weighted by Gasteiger charge is -2.27. The van der Waals surface area contributed by atoms with E-state index in [0.29, 0.717) is 23.5 Å². The first-order chi connectivity index (χ1) is 11.7. The summed E-state index contributed by atoms with van der Waals surface area (Å²) in [5.41, 5.74) is 0.170. The second-order valence-corrected chi connectivity index (χ2v) is 5.52. The van der Waals surface area contributed by atoms with Gasteiger partial charge in [0.25, 0.3) is 0 Å². The SMILES string of the molecule is CCOC(=O)c1cn(CC)c2nc(N3CCNCC3)ncc2c1=O. The van der Waals surface area contributed by atoms with E-state index in [4.69, 9.17) is 4.74 Å². The molecule has 0 radical (unpaired) electrons. The first-order valence-corrected chi connectivity index (χ1v) is 8.18. The molecule has 3 rings (SSSR count). The van der Waals surface area contributed by atoms with Gasteiger partial charge >= 0.3 is 5.97 Å². The van der Waals surface area contributed by atoms with Gasteiger partial charge in [-0.2, -0.15) is 4.98 Å². The van der Waals surface area contributed by atoms with E-state index >= 15 is 0 Å². The maximum atomic E-state index is 12.6. The zero-order chi connectivity index (χ0) is 17.1. The van der Waals surface area contributed by atoms with E-state index in [1.165, 1.54) is 12.4 Å². The van der Waals surface area contributed by atoms with Crippen LogP contribution in [0.15, 0.2) is 17.2 Å². The smallest absolute Gasteiger partial charge is 0.343 e. The van der Waals surface area contributed by atoms with Crippen LogP contribution in [0.2, 0.25) is 0 Å². The van der Waals surface area contributed by atoms with Crippen molar-refractivity contribution in [1.29, 1.82) is 0 Å². The molecule has 8 heteroatoms. The highest BCUT2D eigenvalue weighted by molar-refractivity contribution is 5.93. The summed E-state index contributed by atoms with van der Waals surface area (Å²) in [5.74, 6) is -0.00716. The number of nitrogens with zero attached hydrogens (tertiary/aromatic N) is 4. The fraction of sp³-hybridized carbons (Fsp3) is 0.500. The minimum absolute atomic E-state index is 0.0183. The normalized spacial score (nSPS) is 14.8. The molecule has 0 bridgehead atoms. The van der Waals surface area contributed by atoms with Gasteiger partial charge in [-0.15, -0.1) is 0 Å². The molecule has 0 spiro atoms. The molecule has 8 nitrogen and oxygen atoms in total. The summed E-state index contributed by atoms with van der Waals surface area (Å²) in [7, 11) is 0. The first kappa shape index (κ1) is 16.4. The fourth-order valence-electron chi connectivity index (χ4n) is 2.78. The molecule has 1 N–H and O–H groups in total. The van der Waals surface area contributed by atoms with Crippen LogP contribution < -0.4 is 15.6 Å². The quantitative estimate of drug-likeness (QED) is 0.811. The van der Waals surface area contributed by atoms with Gasteiger partial charge in [0.2, 0.25) is 11.4 Å². The lowest BCUT2D eigenvalue weighted by molar-refractivity contribution is 0.0524. The third-order valence-corrected chi connectivity index (χ3v) is 4.04. The number of ether oxygens (including phenoxy) is 1. The molecule has 1 fully saturated rings. The number of carbonyl (C=O) groups excluding carboxylic acids is 1. The number of nitrogens with one attached hydrogen (secondary N) is 1. The number of hydrogen-bond acceptors (Lipinski definition) is 7. The lowest BCUT2D eigenvalue weighted by Crippen LogP contribution is -2.44. The van der Waals surface area contributed by atoms with E-state index in [1.54, 1.807) is 11.5 Å². The average molecular weight is 331 g/mol. The number of hydrogen-bond donors (Lipinski definition) is 1. The van der Waals surface area contributed by atoms with Crippen molar-refractivity contribution in [3.05, 3.63) is 28.2 Å². The van der Waals surface area contributed by atoms with Gasteiger partial charge in [-0.1, -0.05) is 0 Å². The molecular formula is C16H21N5O3. The van der Waals surface area contributed by atoms with Gasteiger partial charge < -0.3 is 19.5 Å². The Bertz CT molecular complexity index is 811. The van der Waals surface area contributed by atoms with E-state index in [9.17, 15) is 9.59 Å². The Morgan fingerprint density at radius 3 is 2.75 bits per heavy atom. The van der Waals surface area contributed by atoms with Crippen LogP contribution in [0.3, 0.4) is 0 Å². The summed E-state index contributed by atoms with van der Waals surface area (Å²) < 4.78 is 6.76. The summed E-state index contributed by atoms with van der Waals surface area (Å²) in [6.45, 7) is 7.85. The van der Waals surface area contributed by atoms with Crippen molar-refractivity contribution in [2.45, 2.75) is 20.4 Å². The van der Waals surface area contributed by atoms with Crippen molar-refractivity contribution in [3.63, 3.8) is 0 Å². The fourth-order valence-corrected chi connectivity index (χ4v) is 2.78. The van der Waals surface area contributed by atoms with Gasteiger partial charge in [0.05, 0.1) is 12.0 Å². The number of carbonyl (C=O) groups is 1. The number of piperazine rings is 1. The van der Waals surface area contributed by atoms with E-state index in [1.807, 2.05) is 6.92 Å². The molecule has 1 aliphatic heterocycles. The van der Waals surface area contributed by atoms with Crippen LogP contribution in [-0.4, -0.2) is 53.3 Å². The molecular weight excluding hydrogens is 310 g/mol.